The van der Waals surface area contributed by atoms with Crippen molar-refractivity contribution >= 4 is 12.0 Å². The number of phenolic OH excluding ortho intramolecular Hbond substituents is 2. The number of carbonyl (C=O) groups is 1. The van der Waals surface area contributed by atoms with Gasteiger partial charge in [-0.3, -0.25) is 0 Å². The van der Waals surface area contributed by atoms with E-state index in [-0.39, 0.29) is 18.1 Å². The lowest BCUT2D eigenvalue weighted by Gasteiger charge is -2.02. The fourth-order valence-electron chi connectivity index (χ4n) is 1.57. The number of benzene rings is 2. The van der Waals surface area contributed by atoms with Crippen molar-refractivity contribution in [3.8, 4) is 11.5 Å². The number of rotatable bonds is 4. The molecule has 0 saturated heterocycles. The molecule has 0 radical (unpaired) electrons. The van der Waals surface area contributed by atoms with Crippen LogP contribution in [0.3, 0.4) is 0 Å². The third-order valence-electron chi connectivity index (χ3n) is 2.62. The second kappa shape index (κ2) is 6.43. The Balaban J connectivity index is 1.85. The fraction of sp³-hybridized carbons (Fsp3) is 0.0625. The molecule has 0 fully saturated rings. The van der Waals surface area contributed by atoms with Gasteiger partial charge in [-0.25, -0.2) is 4.79 Å². The molecule has 0 aliphatic heterocycles. The van der Waals surface area contributed by atoms with E-state index in [0.717, 1.165) is 5.56 Å². The summed E-state index contributed by atoms with van der Waals surface area (Å²) in [5.74, 6) is -0.130. The second-order valence-electron chi connectivity index (χ2n) is 4.14. The highest BCUT2D eigenvalue weighted by atomic mass is 16.5. The SMILES string of the molecule is O=C(OC/C=C/c1ccc(O)cc1)c1ccc(O)cc1. The average molecular weight is 270 g/mol. The first-order valence-electron chi connectivity index (χ1n) is 6.07. The summed E-state index contributed by atoms with van der Waals surface area (Å²) in [6.07, 6.45) is 3.51. The van der Waals surface area contributed by atoms with Gasteiger partial charge in [-0.2, -0.15) is 0 Å². The minimum Gasteiger partial charge on any atom is -0.508 e. The van der Waals surface area contributed by atoms with Crippen LogP contribution < -0.4 is 0 Å². The Bertz CT molecular complexity index is 597. The van der Waals surface area contributed by atoms with Gasteiger partial charge in [-0.05, 0) is 48.0 Å². The van der Waals surface area contributed by atoms with Crippen molar-refractivity contribution < 1.29 is 19.7 Å². The maximum Gasteiger partial charge on any atom is 0.338 e. The van der Waals surface area contributed by atoms with E-state index in [1.807, 2.05) is 0 Å². The zero-order valence-corrected chi connectivity index (χ0v) is 10.7. The zero-order valence-electron chi connectivity index (χ0n) is 10.7. The van der Waals surface area contributed by atoms with Crippen molar-refractivity contribution in [1.29, 1.82) is 0 Å². The smallest absolute Gasteiger partial charge is 0.338 e. The van der Waals surface area contributed by atoms with Gasteiger partial charge in [0.2, 0.25) is 0 Å². The largest absolute Gasteiger partial charge is 0.508 e. The lowest BCUT2D eigenvalue weighted by atomic mass is 10.2. The van der Waals surface area contributed by atoms with Crippen molar-refractivity contribution in [2.24, 2.45) is 0 Å². The molecule has 0 aliphatic rings. The topological polar surface area (TPSA) is 66.8 Å². The minimum absolute atomic E-state index is 0.105. The van der Waals surface area contributed by atoms with Gasteiger partial charge in [0.15, 0.2) is 0 Å². The molecule has 2 rings (SSSR count). The summed E-state index contributed by atoms with van der Waals surface area (Å²) in [6, 6.07) is 12.6. The van der Waals surface area contributed by atoms with E-state index >= 15 is 0 Å². The van der Waals surface area contributed by atoms with Gasteiger partial charge >= 0.3 is 5.97 Å². The number of phenols is 2. The molecule has 2 aromatic carbocycles. The Morgan fingerprint density at radius 1 is 0.950 bits per heavy atom. The normalized spacial score (nSPS) is 10.6. The van der Waals surface area contributed by atoms with Crippen LogP contribution in [0.2, 0.25) is 0 Å². The summed E-state index contributed by atoms with van der Waals surface area (Å²) in [5.41, 5.74) is 1.30. The van der Waals surface area contributed by atoms with Crippen LogP contribution in [-0.2, 0) is 4.74 Å². The predicted octanol–water partition coefficient (Wildman–Crippen LogP) is 2.97. The minimum atomic E-state index is -0.444. The van der Waals surface area contributed by atoms with E-state index in [9.17, 15) is 4.79 Å². The molecule has 4 heteroatoms. The van der Waals surface area contributed by atoms with Crippen LogP contribution >= 0.6 is 0 Å². The van der Waals surface area contributed by atoms with Crippen LogP contribution in [0, 0.1) is 0 Å². The molecule has 0 heterocycles. The molecular weight excluding hydrogens is 256 g/mol. The summed E-state index contributed by atoms with van der Waals surface area (Å²) in [5, 5.41) is 18.3. The van der Waals surface area contributed by atoms with Gasteiger partial charge in [0.1, 0.15) is 18.1 Å². The van der Waals surface area contributed by atoms with Gasteiger partial charge in [0.05, 0.1) is 5.56 Å². The summed E-state index contributed by atoms with van der Waals surface area (Å²) in [6.45, 7) is 0.153. The van der Waals surface area contributed by atoms with Crippen LogP contribution in [0.25, 0.3) is 6.08 Å². The Hall–Kier alpha value is -2.75. The van der Waals surface area contributed by atoms with Crippen molar-refractivity contribution in [2.45, 2.75) is 0 Å². The summed E-state index contributed by atoms with van der Waals surface area (Å²) in [4.78, 5) is 11.6. The maximum atomic E-state index is 11.6. The molecular formula is C16H14O4. The van der Waals surface area contributed by atoms with Crippen LogP contribution in [0.5, 0.6) is 11.5 Å². The van der Waals surface area contributed by atoms with Crippen LogP contribution in [0.15, 0.2) is 54.6 Å². The maximum absolute atomic E-state index is 11.6. The van der Waals surface area contributed by atoms with E-state index in [4.69, 9.17) is 14.9 Å². The van der Waals surface area contributed by atoms with E-state index in [2.05, 4.69) is 0 Å². The van der Waals surface area contributed by atoms with Crippen molar-refractivity contribution in [3.05, 3.63) is 65.7 Å². The molecule has 2 aromatic rings. The third kappa shape index (κ3) is 3.88. The van der Waals surface area contributed by atoms with Crippen molar-refractivity contribution in [3.63, 3.8) is 0 Å². The highest BCUT2D eigenvalue weighted by Gasteiger charge is 2.05. The quantitative estimate of drug-likeness (QED) is 0.838. The monoisotopic (exact) mass is 270 g/mol. The van der Waals surface area contributed by atoms with Gasteiger partial charge in [-0.1, -0.05) is 18.2 Å². The lowest BCUT2D eigenvalue weighted by Crippen LogP contribution is -2.04. The van der Waals surface area contributed by atoms with Crippen LogP contribution in [-0.4, -0.2) is 22.8 Å². The number of hydrogen-bond donors (Lipinski definition) is 2. The number of aromatic hydroxyl groups is 2. The number of esters is 1. The number of hydrogen-bond acceptors (Lipinski definition) is 4. The molecule has 0 aromatic heterocycles. The Morgan fingerprint density at radius 2 is 1.50 bits per heavy atom. The van der Waals surface area contributed by atoms with Crippen molar-refractivity contribution in [1.82, 2.24) is 0 Å². The molecule has 0 saturated carbocycles. The molecule has 0 bridgehead atoms. The van der Waals surface area contributed by atoms with E-state index < -0.39 is 5.97 Å². The van der Waals surface area contributed by atoms with Gasteiger partial charge in [0, 0.05) is 0 Å². The molecule has 0 aliphatic carbocycles. The summed E-state index contributed by atoms with van der Waals surface area (Å²) in [7, 11) is 0. The molecule has 4 nitrogen and oxygen atoms in total. The van der Waals surface area contributed by atoms with E-state index in [1.54, 1.807) is 36.4 Å². The predicted molar refractivity (Wildman–Crippen MR) is 75.5 cm³/mol. The molecule has 0 amide bonds. The molecule has 0 atom stereocenters. The zero-order chi connectivity index (χ0) is 14.4. The Labute approximate surface area is 116 Å². The lowest BCUT2D eigenvalue weighted by molar-refractivity contribution is 0.0550. The first-order valence-corrected chi connectivity index (χ1v) is 6.07. The molecule has 2 N–H and O–H groups in total. The van der Waals surface area contributed by atoms with Gasteiger partial charge < -0.3 is 14.9 Å². The fourth-order valence-corrected chi connectivity index (χ4v) is 1.57. The number of ether oxygens (including phenoxy) is 1. The molecule has 0 spiro atoms. The third-order valence-corrected chi connectivity index (χ3v) is 2.62. The Kier molecular flexibility index (Phi) is 4.39. The highest BCUT2D eigenvalue weighted by Crippen LogP contribution is 2.12. The van der Waals surface area contributed by atoms with Crippen LogP contribution in [0.1, 0.15) is 15.9 Å². The van der Waals surface area contributed by atoms with E-state index in [1.165, 1.54) is 24.3 Å². The number of carbonyl (C=O) groups excluding carboxylic acids is 1. The Morgan fingerprint density at radius 3 is 2.10 bits per heavy atom. The highest BCUT2D eigenvalue weighted by molar-refractivity contribution is 5.89. The van der Waals surface area contributed by atoms with E-state index in [0.29, 0.717) is 5.56 Å². The summed E-state index contributed by atoms with van der Waals surface area (Å²) < 4.78 is 5.06. The van der Waals surface area contributed by atoms with Crippen molar-refractivity contribution in [2.75, 3.05) is 6.61 Å². The second-order valence-corrected chi connectivity index (χ2v) is 4.14. The van der Waals surface area contributed by atoms with Gasteiger partial charge in [-0.15, -0.1) is 0 Å². The standard InChI is InChI=1S/C16H14O4/c17-14-7-3-12(4-8-14)2-1-11-20-16(19)13-5-9-15(18)10-6-13/h1-10,17-18H,11H2/b2-1+. The average Bonchev–Trinajstić information content (AvgIpc) is 2.46. The molecule has 102 valence electrons. The van der Waals surface area contributed by atoms with Gasteiger partial charge in [0.25, 0.3) is 0 Å². The first kappa shape index (κ1) is 13.7. The first-order chi connectivity index (χ1) is 9.65. The molecule has 20 heavy (non-hydrogen) atoms. The van der Waals surface area contributed by atoms with Crippen LogP contribution in [0.4, 0.5) is 0 Å². The summed E-state index contributed by atoms with van der Waals surface area (Å²) >= 11 is 0. The molecule has 0 unspecified atom stereocenters.